The third-order valence-corrected chi connectivity index (χ3v) is 2.17. The summed E-state index contributed by atoms with van der Waals surface area (Å²) in [7, 11) is 1.65. The number of methoxy groups -OCH3 is 1. The van der Waals surface area contributed by atoms with E-state index in [1.165, 1.54) is 0 Å². The zero-order valence-corrected chi connectivity index (χ0v) is 9.40. The number of ether oxygens (including phenoxy) is 2. The fourth-order valence-electron chi connectivity index (χ4n) is 1.32. The highest BCUT2D eigenvalue weighted by molar-refractivity contribution is 5.30. The molecule has 0 fully saturated rings. The van der Waals surface area contributed by atoms with Gasteiger partial charge in [-0.05, 0) is 24.1 Å². The van der Waals surface area contributed by atoms with Gasteiger partial charge >= 0.3 is 0 Å². The number of rotatable bonds is 6. The molecule has 1 atom stereocenters. The molecule has 84 valence electrons. The maximum atomic E-state index is 5.98. The SMILES string of the molecule is CCCOCC(N)c1cccc(OC)c1. The minimum atomic E-state index is -0.0772. The van der Waals surface area contributed by atoms with Gasteiger partial charge in [-0.3, -0.25) is 0 Å². The molecule has 0 aliphatic rings. The first-order valence-electron chi connectivity index (χ1n) is 5.25. The van der Waals surface area contributed by atoms with Crippen molar-refractivity contribution in [3.63, 3.8) is 0 Å². The average Bonchev–Trinajstić information content (AvgIpc) is 2.29. The summed E-state index contributed by atoms with van der Waals surface area (Å²) in [5.74, 6) is 0.832. The largest absolute Gasteiger partial charge is 0.497 e. The summed E-state index contributed by atoms with van der Waals surface area (Å²) in [5.41, 5.74) is 7.03. The van der Waals surface area contributed by atoms with E-state index >= 15 is 0 Å². The van der Waals surface area contributed by atoms with Gasteiger partial charge < -0.3 is 15.2 Å². The summed E-state index contributed by atoms with van der Waals surface area (Å²) < 4.78 is 10.5. The lowest BCUT2D eigenvalue weighted by Gasteiger charge is -2.13. The van der Waals surface area contributed by atoms with Gasteiger partial charge in [-0.15, -0.1) is 0 Å². The molecule has 0 bridgehead atoms. The molecule has 0 saturated heterocycles. The monoisotopic (exact) mass is 209 g/mol. The van der Waals surface area contributed by atoms with Crippen LogP contribution >= 0.6 is 0 Å². The van der Waals surface area contributed by atoms with Gasteiger partial charge in [-0.25, -0.2) is 0 Å². The molecule has 3 nitrogen and oxygen atoms in total. The van der Waals surface area contributed by atoms with Crippen molar-refractivity contribution in [2.75, 3.05) is 20.3 Å². The third kappa shape index (κ3) is 3.90. The summed E-state index contributed by atoms with van der Waals surface area (Å²) >= 11 is 0. The van der Waals surface area contributed by atoms with Gasteiger partial charge in [0.1, 0.15) is 5.75 Å². The summed E-state index contributed by atoms with van der Waals surface area (Å²) in [5, 5.41) is 0. The van der Waals surface area contributed by atoms with Crippen LogP contribution in [0.4, 0.5) is 0 Å². The molecule has 0 heterocycles. The highest BCUT2D eigenvalue weighted by atomic mass is 16.5. The third-order valence-electron chi connectivity index (χ3n) is 2.17. The topological polar surface area (TPSA) is 44.5 Å². The van der Waals surface area contributed by atoms with Crippen molar-refractivity contribution < 1.29 is 9.47 Å². The lowest BCUT2D eigenvalue weighted by atomic mass is 10.1. The van der Waals surface area contributed by atoms with Gasteiger partial charge in [-0.2, -0.15) is 0 Å². The molecule has 1 rings (SSSR count). The number of benzene rings is 1. The molecule has 3 heteroatoms. The van der Waals surface area contributed by atoms with Crippen molar-refractivity contribution in [2.24, 2.45) is 5.73 Å². The smallest absolute Gasteiger partial charge is 0.119 e. The molecule has 0 aliphatic heterocycles. The zero-order chi connectivity index (χ0) is 11.1. The van der Waals surface area contributed by atoms with Gasteiger partial charge in [0.25, 0.3) is 0 Å². The highest BCUT2D eigenvalue weighted by Gasteiger charge is 2.06. The Hall–Kier alpha value is -1.06. The van der Waals surface area contributed by atoms with E-state index in [1.807, 2.05) is 24.3 Å². The van der Waals surface area contributed by atoms with Crippen LogP contribution in [0.3, 0.4) is 0 Å². The minimum Gasteiger partial charge on any atom is -0.497 e. The van der Waals surface area contributed by atoms with Crippen LogP contribution in [0.25, 0.3) is 0 Å². The summed E-state index contributed by atoms with van der Waals surface area (Å²) in [6, 6.07) is 7.70. The fourth-order valence-corrected chi connectivity index (χ4v) is 1.32. The quantitative estimate of drug-likeness (QED) is 0.730. The van der Waals surface area contributed by atoms with Gasteiger partial charge in [-0.1, -0.05) is 19.1 Å². The van der Waals surface area contributed by atoms with Gasteiger partial charge in [0.2, 0.25) is 0 Å². The maximum absolute atomic E-state index is 5.98. The Balaban J connectivity index is 2.52. The fraction of sp³-hybridized carbons (Fsp3) is 0.500. The van der Waals surface area contributed by atoms with Crippen LogP contribution in [0.2, 0.25) is 0 Å². The van der Waals surface area contributed by atoms with Crippen LogP contribution in [0.5, 0.6) is 5.75 Å². The van der Waals surface area contributed by atoms with Crippen LogP contribution in [0.1, 0.15) is 24.9 Å². The van der Waals surface area contributed by atoms with Crippen molar-refractivity contribution in [3.05, 3.63) is 29.8 Å². The Morgan fingerprint density at radius 2 is 2.20 bits per heavy atom. The Morgan fingerprint density at radius 1 is 1.40 bits per heavy atom. The molecule has 0 radical (unpaired) electrons. The van der Waals surface area contributed by atoms with E-state index in [9.17, 15) is 0 Å². The van der Waals surface area contributed by atoms with E-state index in [4.69, 9.17) is 15.2 Å². The van der Waals surface area contributed by atoms with Crippen LogP contribution in [0.15, 0.2) is 24.3 Å². The Morgan fingerprint density at radius 3 is 2.87 bits per heavy atom. The highest BCUT2D eigenvalue weighted by Crippen LogP contribution is 2.17. The van der Waals surface area contributed by atoms with E-state index in [2.05, 4.69) is 6.92 Å². The first-order chi connectivity index (χ1) is 7.27. The minimum absolute atomic E-state index is 0.0772. The lowest BCUT2D eigenvalue weighted by molar-refractivity contribution is 0.121. The molecule has 0 aliphatic carbocycles. The van der Waals surface area contributed by atoms with Crippen molar-refractivity contribution in [2.45, 2.75) is 19.4 Å². The van der Waals surface area contributed by atoms with E-state index in [1.54, 1.807) is 7.11 Å². The molecule has 15 heavy (non-hydrogen) atoms. The second-order valence-electron chi connectivity index (χ2n) is 3.46. The Bertz CT molecular complexity index is 289. The summed E-state index contributed by atoms with van der Waals surface area (Å²) in [6.45, 7) is 3.40. The first-order valence-corrected chi connectivity index (χ1v) is 5.25. The second-order valence-corrected chi connectivity index (χ2v) is 3.46. The zero-order valence-electron chi connectivity index (χ0n) is 9.40. The standard InChI is InChI=1S/C12H19NO2/c1-3-7-15-9-12(13)10-5-4-6-11(8-10)14-2/h4-6,8,12H,3,7,9,13H2,1-2H3. The molecule has 1 aromatic carbocycles. The van der Waals surface area contributed by atoms with Crippen molar-refractivity contribution in [1.29, 1.82) is 0 Å². The Labute approximate surface area is 91.2 Å². The van der Waals surface area contributed by atoms with Crippen molar-refractivity contribution in [1.82, 2.24) is 0 Å². The van der Waals surface area contributed by atoms with Crippen molar-refractivity contribution in [3.8, 4) is 5.75 Å². The van der Waals surface area contributed by atoms with Crippen LogP contribution in [-0.4, -0.2) is 20.3 Å². The van der Waals surface area contributed by atoms with Gasteiger partial charge in [0, 0.05) is 6.61 Å². The predicted molar refractivity (Wildman–Crippen MR) is 61.0 cm³/mol. The molecule has 0 amide bonds. The van der Waals surface area contributed by atoms with E-state index in [-0.39, 0.29) is 6.04 Å². The Kier molecular flexibility index (Phi) is 5.15. The molecular weight excluding hydrogens is 190 g/mol. The molecule has 2 N–H and O–H groups in total. The van der Waals surface area contributed by atoms with E-state index < -0.39 is 0 Å². The average molecular weight is 209 g/mol. The number of nitrogens with two attached hydrogens (primary N) is 1. The van der Waals surface area contributed by atoms with Gasteiger partial charge in [0.15, 0.2) is 0 Å². The summed E-state index contributed by atoms with van der Waals surface area (Å²) in [4.78, 5) is 0. The molecule has 0 aromatic heterocycles. The predicted octanol–water partition coefficient (Wildman–Crippen LogP) is 2.12. The lowest BCUT2D eigenvalue weighted by Crippen LogP contribution is -2.17. The molecule has 1 aromatic rings. The molecule has 0 spiro atoms. The summed E-state index contributed by atoms with van der Waals surface area (Å²) in [6.07, 6.45) is 1.02. The molecular formula is C12H19NO2. The van der Waals surface area contributed by atoms with Crippen LogP contribution in [-0.2, 0) is 4.74 Å². The van der Waals surface area contributed by atoms with Crippen molar-refractivity contribution >= 4 is 0 Å². The normalized spacial score (nSPS) is 12.5. The van der Waals surface area contributed by atoms with Crippen LogP contribution in [0, 0.1) is 0 Å². The second kappa shape index (κ2) is 6.43. The van der Waals surface area contributed by atoms with Crippen LogP contribution < -0.4 is 10.5 Å². The molecule has 0 saturated carbocycles. The first kappa shape index (κ1) is 12.0. The number of hydrogen-bond donors (Lipinski definition) is 1. The van der Waals surface area contributed by atoms with E-state index in [0.29, 0.717) is 6.61 Å². The van der Waals surface area contributed by atoms with Gasteiger partial charge in [0.05, 0.1) is 19.8 Å². The maximum Gasteiger partial charge on any atom is 0.119 e. The molecule has 1 unspecified atom stereocenters. The van der Waals surface area contributed by atoms with E-state index in [0.717, 1.165) is 24.3 Å². The number of hydrogen-bond acceptors (Lipinski definition) is 3.